The van der Waals surface area contributed by atoms with Crippen molar-refractivity contribution in [3.63, 3.8) is 0 Å². The van der Waals surface area contributed by atoms with E-state index in [1.54, 1.807) is 36.4 Å². The summed E-state index contributed by atoms with van der Waals surface area (Å²) in [5.74, 6) is -0.551. The van der Waals surface area contributed by atoms with Gasteiger partial charge in [0.2, 0.25) is 5.91 Å². The molecule has 23 heavy (non-hydrogen) atoms. The van der Waals surface area contributed by atoms with Gasteiger partial charge < -0.3 is 16.0 Å². The van der Waals surface area contributed by atoms with Gasteiger partial charge in [-0.05, 0) is 30.7 Å². The maximum Gasteiger partial charge on any atom is 0.319 e. The van der Waals surface area contributed by atoms with Crippen molar-refractivity contribution in [1.29, 1.82) is 0 Å². The Morgan fingerprint density at radius 3 is 2.52 bits per heavy atom. The highest BCUT2D eigenvalue weighted by Gasteiger charge is 2.07. The predicted molar refractivity (Wildman–Crippen MR) is 87.7 cm³/mol. The molecule has 0 unspecified atom stereocenters. The van der Waals surface area contributed by atoms with Gasteiger partial charge in [0.05, 0.1) is 0 Å². The maximum atomic E-state index is 13.5. The van der Waals surface area contributed by atoms with E-state index >= 15 is 0 Å². The summed E-state index contributed by atoms with van der Waals surface area (Å²) >= 11 is 0. The number of benzene rings is 2. The summed E-state index contributed by atoms with van der Waals surface area (Å²) in [6, 6.07) is 11.0. The normalized spacial score (nSPS) is 10.0. The van der Waals surface area contributed by atoms with E-state index in [0.29, 0.717) is 16.9 Å². The van der Waals surface area contributed by atoms with E-state index in [-0.39, 0.29) is 18.3 Å². The number of amides is 3. The minimum atomic E-state index is -0.453. The van der Waals surface area contributed by atoms with Gasteiger partial charge in [-0.3, -0.25) is 4.79 Å². The molecule has 120 valence electrons. The number of anilines is 2. The van der Waals surface area contributed by atoms with Gasteiger partial charge in [0, 0.05) is 30.4 Å². The van der Waals surface area contributed by atoms with Crippen LogP contribution in [0.1, 0.15) is 18.1 Å². The smallest absolute Gasteiger partial charge is 0.319 e. The van der Waals surface area contributed by atoms with Crippen molar-refractivity contribution in [2.45, 2.75) is 20.4 Å². The summed E-state index contributed by atoms with van der Waals surface area (Å²) in [6.07, 6.45) is 0. The topological polar surface area (TPSA) is 70.2 Å². The standard InChI is InChI=1S/C17H18FN3O2/c1-11-7-8-14(9-16(11)20-12(2)22)21-17(23)19-10-13-5-3-4-6-15(13)18/h3-9H,10H2,1-2H3,(H,20,22)(H2,19,21,23). The molecule has 2 aromatic carbocycles. The average molecular weight is 315 g/mol. The Bertz CT molecular complexity index is 732. The third kappa shape index (κ3) is 4.81. The molecule has 3 N–H and O–H groups in total. The minimum absolute atomic E-state index is 0.0862. The molecule has 0 aliphatic carbocycles. The molecule has 0 aliphatic heterocycles. The van der Waals surface area contributed by atoms with Crippen LogP contribution in [0.2, 0.25) is 0 Å². The second kappa shape index (κ2) is 7.40. The lowest BCUT2D eigenvalue weighted by atomic mass is 10.2. The van der Waals surface area contributed by atoms with Gasteiger partial charge in [-0.15, -0.1) is 0 Å². The van der Waals surface area contributed by atoms with E-state index in [0.717, 1.165) is 5.56 Å². The highest BCUT2D eigenvalue weighted by molar-refractivity contribution is 5.93. The lowest BCUT2D eigenvalue weighted by Gasteiger charge is -2.11. The number of carbonyl (C=O) groups excluding carboxylic acids is 2. The van der Waals surface area contributed by atoms with Gasteiger partial charge in [-0.25, -0.2) is 9.18 Å². The minimum Gasteiger partial charge on any atom is -0.334 e. The van der Waals surface area contributed by atoms with Crippen LogP contribution in [-0.4, -0.2) is 11.9 Å². The number of rotatable bonds is 4. The Morgan fingerprint density at radius 2 is 1.83 bits per heavy atom. The molecule has 0 aliphatic rings. The largest absolute Gasteiger partial charge is 0.334 e. The molecular weight excluding hydrogens is 297 g/mol. The number of carbonyl (C=O) groups is 2. The third-order valence-electron chi connectivity index (χ3n) is 3.20. The molecule has 0 fully saturated rings. The van der Waals surface area contributed by atoms with Crippen LogP contribution in [0.4, 0.5) is 20.6 Å². The molecule has 0 atom stereocenters. The first-order chi connectivity index (χ1) is 11.0. The molecule has 0 heterocycles. The monoisotopic (exact) mass is 315 g/mol. The summed E-state index contributed by atoms with van der Waals surface area (Å²) in [5.41, 5.74) is 2.46. The molecule has 0 radical (unpaired) electrons. The van der Waals surface area contributed by atoms with E-state index in [4.69, 9.17) is 0 Å². The van der Waals surface area contributed by atoms with Crippen LogP contribution < -0.4 is 16.0 Å². The number of hydrogen-bond donors (Lipinski definition) is 3. The molecule has 0 bridgehead atoms. The highest BCUT2D eigenvalue weighted by Crippen LogP contribution is 2.20. The molecular formula is C17H18FN3O2. The van der Waals surface area contributed by atoms with E-state index in [1.807, 2.05) is 6.92 Å². The van der Waals surface area contributed by atoms with Gasteiger partial charge in [-0.2, -0.15) is 0 Å². The zero-order chi connectivity index (χ0) is 16.8. The van der Waals surface area contributed by atoms with Gasteiger partial charge in [0.25, 0.3) is 0 Å². The lowest BCUT2D eigenvalue weighted by molar-refractivity contribution is -0.114. The van der Waals surface area contributed by atoms with Crippen LogP contribution in [0, 0.1) is 12.7 Å². The quantitative estimate of drug-likeness (QED) is 0.809. The van der Waals surface area contributed by atoms with Crippen LogP contribution in [-0.2, 0) is 11.3 Å². The van der Waals surface area contributed by atoms with Crippen LogP contribution in [0.25, 0.3) is 0 Å². The second-order valence-electron chi connectivity index (χ2n) is 5.11. The average Bonchev–Trinajstić information content (AvgIpc) is 2.49. The number of nitrogens with one attached hydrogen (secondary N) is 3. The molecule has 6 heteroatoms. The van der Waals surface area contributed by atoms with Crippen LogP contribution >= 0.6 is 0 Å². The van der Waals surface area contributed by atoms with Crippen molar-refractivity contribution in [2.24, 2.45) is 0 Å². The molecule has 0 aromatic heterocycles. The number of urea groups is 1. The Hall–Kier alpha value is -2.89. The summed E-state index contributed by atoms with van der Waals surface area (Å²) in [7, 11) is 0. The van der Waals surface area contributed by atoms with Crippen LogP contribution in [0.3, 0.4) is 0 Å². The second-order valence-corrected chi connectivity index (χ2v) is 5.11. The molecule has 0 spiro atoms. The van der Waals surface area contributed by atoms with E-state index in [9.17, 15) is 14.0 Å². The maximum absolute atomic E-state index is 13.5. The Labute approximate surface area is 133 Å². The van der Waals surface area contributed by atoms with Gasteiger partial charge in [0.15, 0.2) is 0 Å². The SMILES string of the molecule is CC(=O)Nc1cc(NC(=O)NCc2ccccc2F)ccc1C. The highest BCUT2D eigenvalue weighted by atomic mass is 19.1. The summed E-state index contributed by atoms with van der Waals surface area (Å²) in [5, 5.41) is 7.93. The van der Waals surface area contributed by atoms with Crippen LogP contribution in [0.5, 0.6) is 0 Å². The fraction of sp³-hybridized carbons (Fsp3) is 0.176. The summed E-state index contributed by atoms with van der Waals surface area (Å²) in [6.45, 7) is 3.36. The lowest BCUT2D eigenvalue weighted by Crippen LogP contribution is -2.28. The molecule has 3 amide bonds. The molecule has 0 saturated heterocycles. The first-order valence-corrected chi connectivity index (χ1v) is 7.12. The van der Waals surface area contributed by atoms with Gasteiger partial charge >= 0.3 is 6.03 Å². The van der Waals surface area contributed by atoms with Crippen molar-refractivity contribution in [3.05, 3.63) is 59.4 Å². The van der Waals surface area contributed by atoms with E-state index in [2.05, 4.69) is 16.0 Å². The number of halogens is 1. The molecule has 5 nitrogen and oxygen atoms in total. The zero-order valence-electron chi connectivity index (χ0n) is 12.9. The number of hydrogen-bond acceptors (Lipinski definition) is 2. The number of aryl methyl sites for hydroxylation is 1. The first-order valence-electron chi connectivity index (χ1n) is 7.12. The molecule has 2 rings (SSSR count). The fourth-order valence-electron chi connectivity index (χ4n) is 2.02. The van der Waals surface area contributed by atoms with Crippen molar-refractivity contribution < 1.29 is 14.0 Å². The predicted octanol–water partition coefficient (Wildman–Crippen LogP) is 3.41. The van der Waals surface area contributed by atoms with Gasteiger partial charge in [0.1, 0.15) is 5.82 Å². The van der Waals surface area contributed by atoms with Crippen LogP contribution in [0.15, 0.2) is 42.5 Å². The van der Waals surface area contributed by atoms with Crippen molar-refractivity contribution >= 4 is 23.3 Å². The summed E-state index contributed by atoms with van der Waals surface area (Å²) in [4.78, 5) is 23.0. The van der Waals surface area contributed by atoms with E-state index < -0.39 is 6.03 Å². The fourth-order valence-corrected chi connectivity index (χ4v) is 2.02. The van der Waals surface area contributed by atoms with Crippen molar-refractivity contribution in [1.82, 2.24) is 5.32 Å². The van der Waals surface area contributed by atoms with Gasteiger partial charge in [-0.1, -0.05) is 24.3 Å². The molecule has 2 aromatic rings. The van der Waals surface area contributed by atoms with Crippen molar-refractivity contribution in [2.75, 3.05) is 10.6 Å². The third-order valence-corrected chi connectivity index (χ3v) is 3.20. The Balaban J connectivity index is 1.97. The van der Waals surface area contributed by atoms with Crippen molar-refractivity contribution in [3.8, 4) is 0 Å². The molecule has 0 saturated carbocycles. The Kier molecular flexibility index (Phi) is 5.30. The Morgan fingerprint density at radius 1 is 1.09 bits per heavy atom. The summed E-state index contributed by atoms with van der Waals surface area (Å²) < 4.78 is 13.5. The van der Waals surface area contributed by atoms with E-state index in [1.165, 1.54) is 13.0 Å². The zero-order valence-corrected chi connectivity index (χ0v) is 12.9. The first kappa shape index (κ1) is 16.5.